The fourth-order valence-electron chi connectivity index (χ4n) is 3.79. The SMILES string of the molecule is CC(C)C(C(=O)NN)N1CCC(N2CCCCC2)CC1. The standard InChI is InChI=1S/C15H30N4O/c1-12(2)14(15(20)17-16)19-10-6-13(7-11-19)18-8-4-3-5-9-18/h12-14H,3-11,16H2,1-2H3,(H,17,20). The molecular weight excluding hydrogens is 252 g/mol. The fraction of sp³-hybridized carbons (Fsp3) is 0.933. The first kappa shape index (κ1) is 15.7. The average Bonchev–Trinajstić information content (AvgIpc) is 2.48. The second-order valence-electron chi connectivity index (χ2n) is 6.56. The van der Waals surface area contributed by atoms with E-state index in [0.29, 0.717) is 5.92 Å². The van der Waals surface area contributed by atoms with Crippen LogP contribution in [-0.2, 0) is 4.79 Å². The summed E-state index contributed by atoms with van der Waals surface area (Å²) in [5.74, 6) is 5.58. The van der Waals surface area contributed by atoms with Crippen LogP contribution in [0.3, 0.4) is 0 Å². The summed E-state index contributed by atoms with van der Waals surface area (Å²) < 4.78 is 0. The Bertz CT molecular complexity index is 307. The summed E-state index contributed by atoms with van der Waals surface area (Å²) in [5, 5.41) is 0. The number of nitrogens with two attached hydrogens (primary N) is 1. The lowest BCUT2D eigenvalue weighted by molar-refractivity contribution is -0.129. The second kappa shape index (κ2) is 7.38. The van der Waals surface area contributed by atoms with E-state index in [4.69, 9.17) is 5.84 Å². The monoisotopic (exact) mass is 282 g/mol. The van der Waals surface area contributed by atoms with E-state index in [1.165, 1.54) is 45.2 Å². The van der Waals surface area contributed by atoms with Crippen molar-refractivity contribution in [3.63, 3.8) is 0 Å². The number of hydrogen-bond donors (Lipinski definition) is 2. The lowest BCUT2D eigenvalue weighted by atomic mass is 9.95. The molecule has 20 heavy (non-hydrogen) atoms. The Hall–Kier alpha value is -0.650. The van der Waals surface area contributed by atoms with E-state index < -0.39 is 0 Å². The Kier molecular flexibility index (Phi) is 5.81. The Balaban J connectivity index is 1.87. The summed E-state index contributed by atoms with van der Waals surface area (Å²) in [6.45, 7) is 8.74. The van der Waals surface area contributed by atoms with E-state index in [1.807, 2.05) is 0 Å². The summed E-state index contributed by atoms with van der Waals surface area (Å²) in [5.41, 5.74) is 2.33. The zero-order chi connectivity index (χ0) is 14.5. The number of carbonyl (C=O) groups excluding carboxylic acids is 1. The Morgan fingerprint density at radius 3 is 2.20 bits per heavy atom. The highest BCUT2D eigenvalue weighted by atomic mass is 16.2. The molecule has 2 aliphatic heterocycles. The van der Waals surface area contributed by atoms with Crippen LogP contribution in [0.15, 0.2) is 0 Å². The average molecular weight is 282 g/mol. The lowest BCUT2D eigenvalue weighted by Gasteiger charge is -2.43. The minimum Gasteiger partial charge on any atom is -0.300 e. The van der Waals surface area contributed by atoms with Crippen molar-refractivity contribution in [2.45, 2.75) is 58.0 Å². The first-order chi connectivity index (χ1) is 9.63. The van der Waals surface area contributed by atoms with Crippen molar-refractivity contribution in [3.8, 4) is 0 Å². The van der Waals surface area contributed by atoms with Gasteiger partial charge in [0.1, 0.15) is 0 Å². The van der Waals surface area contributed by atoms with Gasteiger partial charge in [-0.2, -0.15) is 0 Å². The van der Waals surface area contributed by atoms with Crippen molar-refractivity contribution in [2.24, 2.45) is 11.8 Å². The summed E-state index contributed by atoms with van der Waals surface area (Å²) in [4.78, 5) is 16.9. The molecule has 2 rings (SSSR count). The van der Waals surface area contributed by atoms with Gasteiger partial charge in [0.25, 0.3) is 5.91 Å². The van der Waals surface area contributed by atoms with Crippen LogP contribution in [0.1, 0.15) is 46.0 Å². The van der Waals surface area contributed by atoms with Crippen molar-refractivity contribution >= 4 is 5.91 Å². The number of likely N-dealkylation sites (tertiary alicyclic amines) is 2. The number of nitrogens with one attached hydrogen (secondary N) is 1. The molecule has 0 aromatic carbocycles. The highest BCUT2D eigenvalue weighted by molar-refractivity contribution is 5.81. The number of rotatable bonds is 4. The highest BCUT2D eigenvalue weighted by Gasteiger charge is 2.33. The molecule has 1 amide bonds. The van der Waals surface area contributed by atoms with Crippen LogP contribution < -0.4 is 11.3 Å². The molecule has 0 radical (unpaired) electrons. The number of hydrazine groups is 1. The number of nitrogens with zero attached hydrogens (tertiary/aromatic N) is 2. The van der Waals surface area contributed by atoms with Gasteiger partial charge in [-0.05, 0) is 44.7 Å². The fourth-order valence-corrected chi connectivity index (χ4v) is 3.79. The molecule has 0 bridgehead atoms. The third-order valence-electron chi connectivity index (χ3n) is 4.84. The molecule has 5 heteroatoms. The molecule has 1 unspecified atom stereocenters. The van der Waals surface area contributed by atoms with E-state index in [1.54, 1.807) is 0 Å². The number of amides is 1. The predicted molar refractivity (Wildman–Crippen MR) is 81.0 cm³/mol. The minimum absolute atomic E-state index is 0.0450. The Morgan fingerprint density at radius 1 is 1.10 bits per heavy atom. The quantitative estimate of drug-likeness (QED) is 0.458. The molecule has 0 saturated carbocycles. The van der Waals surface area contributed by atoms with Gasteiger partial charge >= 0.3 is 0 Å². The van der Waals surface area contributed by atoms with Crippen LogP contribution in [0.4, 0.5) is 0 Å². The van der Waals surface area contributed by atoms with E-state index in [0.717, 1.165) is 19.1 Å². The maximum atomic E-state index is 11.9. The molecule has 3 N–H and O–H groups in total. The van der Waals surface area contributed by atoms with Gasteiger partial charge < -0.3 is 4.90 Å². The van der Waals surface area contributed by atoms with Gasteiger partial charge in [0.05, 0.1) is 6.04 Å². The summed E-state index contributed by atoms with van der Waals surface area (Å²) in [6.07, 6.45) is 6.46. The smallest absolute Gasteiger partial charge is 0.251 e. The normalized spacial score (nSPS) is 24.8. The van der Waals surface area contributed by atoms with Crippen molar-refractivity contribution in [1.82, 2.24) is 15.2 Å². The van der Waals surface area contributed by atoms with Gasteiger partial charge in [-0.1, -0.05) is 20.3 Å². The summed E-state index contributed by atoms with van der Waals surface area (Å²) >= 11 is 0. The molecule has 0 aromatic heterocycles. The largest absolute Gasteiger partial charge is 0.300 e. The number of carbonyl (C=O) groups is 1. The third kappa shape index (κ3) is 3.71. The number of hydrogen-bond acceptors (Lipinski definition) is 4. The zero-order valence-corrected chi connectivity index (χ0v) is 13.0. The van der Waals surface area contributed by atoms with Gasteiger partial charge in [-0.25, -0.2) is 5.84 Å². The van der Waals surface area contributed by atoms with Crippen LogP contribution in [0.2, 0.25) is 0 Å². The molecule has 0 spiro atoms. The van der Waals surface area contributed by atoms with Crippen LogP contribution in [0.5, 0.6) is 0 Å². The van der Waals surface area contributed by atoms with E-state index in [9.17, 15) is 4.79 Å². The second-order valence-corrected chi connectivity index (χ2v) is 6.56. The highest BCUT2D eigenvalue weighted by Crippen LogP contribution is 2.23. The maximum absolute atomic E-state index is 11.9. The van der Waals surface area contributed by atoms with Crippen molar-refractivity contribution in [3.05, 3.63) is 0 Å². The predicted octanol–water partition coefficient (Wildman–Crippen LogP) is 0.951. The van der Waals surface area contributed by atoms with Crippen LogP contribution in [0, 0.1) is 5.92 Å². The molecule has 2 heterocycles. The van der Waals surface area contributed by atoms with Gasteiger partial charge in [-0.15, -0.1) is 0 Å². The summed E-state index contributed by atoms with van der Waals surface area (Å²) in [7, 11) is 0. The molecule has 2 fully saturated rings. The van der Waals surface area contributed by atoms with E-state index in [2.05, 4.69) is 29.1 Å². The van der Waals surface area contributed by atoms with Crippen molar-refractivity contribution in [1.29, 1.82) is 0 Å². The third-order valence-corrected chi connectivity index (χ3v) is 4.84. The van der Waals surface area contributed by atoms with Gasteiger partial charge in [0, 0.05) is 19.1 Å². The molecule has 2 saturated heterocycles. The first-order valence-electron chi connectivity index (χ1n) is 8.12. The van der Waals surface area contributed by atoms with Crippen LogP contribution >= 0.6 is 0 Å². The van der Waals surface area contributed by atoms with Crippen LogP contribution in [0.25, 0.3) is 0 Å². The molecule has 2 aliphatic rings. The molecule has 1 atom stereocenters. The minimum atomic E-state index is -0.0812. The number of piperidine rings is 2. The van der Waals surface area contributed by atoms with Gasteiger partial charge in [-0.3, -0.25) is 15.1 Å². The topological polar surface area (TPSA) is 61.6 Å². The molecule has 116 valence electrons. The van der Waals surface area contributed by atoms with Crippen molar-refractivity contribution < 1.29 is 4.79 Å². The first-order valence-corrected chi connectivity index (χ1v) is 8.12. The Labute approximate surface area is 122 Å². The Morgan fingerprint density at radius 2 is 1.70 bits per heavy atom. The van der Waals surface area contributed by atoms with E-state index >= 15 is 0 Å². The van der Waals surface area contributed by atoms with Gasteiger partial charge in [0.2, 0.25) is 0 Å². The molecule has 0 aliphatic carbocycles. The maximum Gasteiger partial charge on any atom is 0.251 e. The molecule has 0 aromatic rings. The molecule has 5 nitrogen and oxygen atoms in total. The molecular formula is C15H30N4O. The van der Waals surface area contributed by atoms with Crippen LogP contribution in [-0.4, -0.2) is 54.0 Å². The van der Waals surface area contributed by atoms with Gasteiger partial charge in [0.15, 0.2) is 0 Å². The van der Waals surface area contributed by atoms with E-state index in [-0.39, 0.29) is 11.9 Å². The van der Waals surface area contributed by atoms with Crippen molar-refractivity contribution in [2.75, 3.05) is 26.2 Å². The summed E-state index contributed by atoms with van der Waals surface area (Å²) in [6, 6.07) is 0.641. The lowest BCUT2D eigenvalue weighted by Crippen LogP contribution is -2.56. The zero-order valence-electron chi connectivity index (χ0n) is 13.0.